The van der Waals surface area contributed by atoms with Gasteiger partial charge in [0.15, 0.2) is 4.87 Å². The summed E-state index contributed by atoms with van der Waals surface area (Å²) < 4.78 is 0. The molecule has 0 amide bonds. The molecule has 9 heteroatoms. The Balaban J connectivity index is 2.65. The number of nitrogens with one attached hydrogen (secondary N) is 1. The topological polar surface area (TPSA) is 130 Å². The Hall–Kier alpha value is -1.61. The lowest BCUT2D eigenvalue weighted by Crippen LogP contribution is -2.48. The molecule has 1 unspecified atom stereocenters. The van der Waals surface area contributed by atoms with Crippen molar-refractivity contribution in [1.29, 1.82) is 0 Å². The third-order valence-corrected chi connectivity index (χ3v) is 3.48. The van der Waals surface area contributed by atoms with Gasteiger partial charge in [0.25, 0.3) is 0 Å². The van der Waals surface area contributed by atoms with E-state index in [0.29, 0.717) is 11.8 Å². The van der Waals surface area contributed by atoms with Gasteiger partial charge >= 0.3 is 17.0 Å². The van der Waals surface area contributed by atoms with E-state index < -0.39 is 21.7 Å². The molecule has 0 spiro atoms. The molecular formula is C8H10N2O6S. The van der Waals surface area contributed by atoms with E-state index in [1.54, 1.807) is 0 Å². The molecule has 1 atom stereocenters. The normalized spacial score (nSPS) is 23.2. The largest absolute Gasteiger partial charge is 0.481 e. The number of carbonyl (C=O) groups is 2. The van der Waals surface area contributed by atoms with Crippen LogP contribution in [0, 0.1) is 10.1 Å². The number of carboxylic acid groups (broad SMARTS) is 2. The Labute approximate surface area is 99.8 Å². The van der Waals surface area contributed by atoms with Gasteiger partial charge in [-0.2, -0.15) is 0 Å². The molecule has 1 aliphatic rings. The zero-order chi connectivity index (χ0) is 13.1. The van der Waals surface area contributed by atoms with E-state index in [1.807, 2.05) is 0 Å². The molecule has 0 fully saturated rings. The van der Waals surface area contributed by atoms with Gasteiger partial charge in [-0.25, -0.2) is 4.79 Å². The van der Waals surface area contributed by atoms with Crippen LogP contribution in [-0.4, -0.2) is 38.5 Å². The average molecular weight is 262 g/mol. The second-order valence-corrected chi connectivity index (χ2v) is 4.63. The van der Waals surface area contributed by atoms with Gasteiger partial charge in [0.2, 0.25) is 0 Å². The monoisotopic (exact) mass is 262 g/mol. The van der Waals surface area contributed by atoms with Crippen molar-refractivity contribution in [1.82, 2.24) is 5.32 Å². The summed E-state index contributed by atoms with van der Waals surface area (Å²) in [7, 11) is 0. The highest BCUT2D eigenvalue weighted by atomic mass is 32.2. The molecule has 0 saturated carbocycles. The van der Waals surface area contributed by atoms with Crippen LogP contribution in [0.3, 0.4) is 0 Å². The van der Waals surface area contributed by atoms with Crippen LogP contribution in [0.4, 0.5) is 0 Å². The third-order valence-electron chi connectivity index (χ3n) is 2.12. The maximum absolute atomic E-state index is 11.1. The van der Waals surface area contributed by atoms with E-state index in [1.165, 1.54) is 6.08 Å². The van der Waals surface area contributed by atoms with Crippen molar-refractivity contribution in [3.8, 4) is 0 Å². The highest BCUT2D eigenvalue weighted by molar-refractivity contribution is 8.05. The minimum absolute atomic E-state index is 0.0526. The molecule has 0 aromatic heterocycles. The smallest absolute Gasteiger partial charge is 0.335 e. The molecule has 94 valence electrons. The molecule has 0 bridgehead atoms. The maximum atomic E-state index is 11.1. The Kier molecular flexibility index (Phi) is 4.07. The van der Waals surface area contributed by atoms with E-state index in [2.05, 4.69) is 5.32 Å². The fourth-order valence-corrected chi connectivity index (χ4v) is 2.32. The number of aliphatic carboxylic acids is 2. The molecule has 1 aliphatic heterocycles. The summed E-state index contributed by atoms with van der Waals surface area (Å²) in [6, 6.07) is 0. The molecule has 0 aromatic rings. The number of nitro groups is 1. The Morgan fingerprint density at radius 1 is 1.59 bits per heavy atom. The van der Waals surface area contributed by atoms with Gasteiger partial charge in [-0.1, -0.05) is 0 Å². The van der Waals surface area contributed by atoms with Crippen molar-refractivity contribution in [2.24, 2.45) is 0 Å². The van der Waals surface area contributed by atoms with Crippen molar-refractivity contribution in [3.05, 3.63) is 21.2 Å². The first-order chi connectivity index (χ1) is 7.87. The van der Waals surface area contributed by atoms with Crippen LogP contribution < -0.4 is 5.32 Å². The average Bonchev–Trinajstić information content (AvgIpc) is 2.63. The SMILES string of the molecule is O=C(O)CCNC1(C(=O)O)CC=C([N+](=O)[O-])S1. The van der Waals surface area contributed by atoms with Gasteiger partial charge in [0.05, 0.1) is 11.3 Å². The van der Waals surface area contributed by atoms with Gasteiger partial charge in [0.1, 0.15) is 0 Å². The summed E-state index contributed by atoms with van der Waals surface area (Å²) in [4.78, 5) is 29.7. The highest BCUT2D eigenvalue weighted by Gasteiger charge is 2.46. The lowest BCUT2D eigenvalue weighted by atomic mass is 10.2. The predicted molar refractivity (Wildman–Crippen MR) is 57.9 cm³/mol. The lowest BCUT2D eigenvalue weighted by molar-refractivity contribution is -0.410. The lowest BCUT2D eigenvalue weighted by Gasteiger charge is -2.23. The molecular weight excluding hydrogens is 252 g/mol. The summed E-state index contributed by atoms with van der Waals surface area (Å²) in [5, 5.41) is 30.3. The fourth-order valence-electron chi connectivity index (χ4n) is 1.29. The van der Waals surface area contributed by atoms with Crippen molar-refractivity contribution < 1.29 is 24.7 Å². The predicted octanol–water partition coefficient (Wildman–Crippen LogP) is 0.0866. The van der Waals surface area contributed by atoms with Gasteiger partial charge < -0.3 is 10.2 Å². The van der Waals surface area contributed by atoms with Crippen molar-refractivity contribution >= 4 is 23.7 Å². The standard InChI is InChI=1S/C8H10N2O6S/c11-6(12)2-4-9-8(7(13)14)3-1-5(17-8)10(15)16/h1,9H,2-4H2,(H,11,12)(H,13,14). The molecule has 0 radical (unpaired) electrons. The van der Waals surface area contributed by atoms with Crippen LogP contribution >= 0.6 is 11.8 Å². The van der Waals surface area contributed by atoms with Crippen LogP contribution in [0.25, 0.3) is 0 Å². The molecule has 0 aromatic carbocycles. The Morgan fingerprint density at radius 3 is 2.65 bits per heavy atom. The van der Waals surface area contributed by atoms with E-state index in [-0.39, 0.29) is 24.4 Å². The van der Waals surface area contributed by atoms with Gasteiger partial charge in [-0.3, -0.25) is 20.2 Å². The maximum Gasteiger partial charge on any atom is 0.335 e. The van der Waals surface area contributed by atoms with E-state index in [9.17, 15) is 19.7 Å². The summed E-state index contributed by atoms with van der Waals surface area (Å²) in [6.07, 6.45) is 0.916. The van der Waals surface area contributed by atoms with Crippen LogP contribution in [0.5, 0.6) is 0 Å². The molecule has 3 N–H and O–H groups in total. The molecule has 8 nitrogen and oxygen atoms in total. The quantitative estimate of drug-likeness (QED) is 0.453. The third kappa shape index (κ3) is 3.17. The van der Waals surface area contributed by atoms with Crippen LogP contribution in [0.15, 0.2) is 11.1 Å². The summed E-state index contributed by atoms with van der Waals surface area (Å²) in [5.41, 5.74) is 0. The minimum atomic E-state index is -1.53. The van der Waals surface area contributed by atoms with E-state index in [4.69, 9.17) is 10.2 Å². The van der Waals surface area contributed by atoms with E-state index >= 15 is 0 Å². The minimum Gasteiger partial charge on any atom is -0.481 e. The first-order valence-corrected chi connectivity index (χ1v) is 5.43. The molecule has 1 rings (SSSR count). The fraction of sp³-hybridized carbons (Fsp3) is 0.500. The van der Waals surface area contributed by atoms with Crippen molar-refractivity contribution in [2.45, 2.75) is 17.7 Å². The van der Waals surface area contributed by atoms with Crippen molar-refractivity contribution in [3.63, 3.8) is 0 Å². The molecule has 1 heterocycles. The van der Waals surface area contributed by atoms with Crippen LogP contribution in [-0.2, 0) is 9.59 Å². The zero-order valence-electron chi connectivity index (χ0n) is 8.58. The molecule has 0 saturated heterocycles. The number of thioether (sulfide) groups is 1. The Morgan fingerprint density at radius 2 is 2.24 bits per heavy atom. The van der Waals surface area contributed by atoms with Gasteiger partial charge in [-0.15, -0.1) is 0 Å². The first kappa shape index (κ1) is 13.5. The van der Waals surface area contributed by atoms with Crippen molar-refractivity contribution in [2.75, 3.05) is 6.54 Å². The summed E-state index contributed by atoms with van der Waals surface area (Å²) in [6.45, 7) is -0.0620. The Bertz CT molecular complexity index is 395. The van der Waals surface area contributed by atoms with Crippen LogP contribution in [0.2, 0.25) is 0 Å². The second-order valence-electron chi connectivity index (χ2n) is 3.31. The molecule has 17 heavy (non-hydrogen) atoms. The summed E-state index contributed by atoms with van der Waals surface area (Å²) in [5.74, 6) is -2.32. The first-order valence-electron chi connectivity index (χ1n) is 4.61. The zero-order valence-corrected chi connectivity index (χ0v) is 9.40. The number of hydrogen-bond acceptors (Lipinski definition) is 6. The number of rotatable bonds is 6. The van der Waals surface area contributed by atoms with Crippen LogP contribution in [0.1, 0.15) is 12.8 Å². The molecule has 0 aliphatic carbocycles. The highest BCUT2D eigenvalue weighted by Crippen LogP contribution is 2.40. The van der Waals surface area contributed by atoms with Gasteiger partial charge in [0, 0.05) is 19.0 Å². The number of nitrogens with zero attached hydrogens (tertiary/aromatic N) is 1. The van der Waals surface area contributed by atoms with E-state index in [0.717, 1.165) is 0 Å². The summed E-state index contributed by atoms with van der Waals surface area (Å²) >= 11 is 0.584. The van der Waals surface area contributed by atoms with Gasteiger partial charge in [-0.05, 0) is 11.8 Å². The number of hydrogen-bond donors (Lipinski definition) is 3. The second kappa shape index (κ2) is 5.15. The number of carboxylic acids is 2.